The first-order chi connectivity index (χ1) is 11.8. The van der Waals surface area contributed by atoms with E-state index in [0.29, 0.717) is 32.9 Å². The average Bonchev–Trinajstić information content (AvgIpc) is 2.94. The Morgan fingerprint density at radius 2 is 1.96 bits per heavy atom. The van der Waals surface area contributed by atoms with Gasteiger partial charge in [-0.1, -0.05) is 23.2 Å². The van der Waals surface area contributed by atoms with Gasteiger partial charge in [-0.3, -0.25) is 4.79 Å². The monoisotopic (exact) mass is 385 g/mol. The Morgan fingerprint density at radius 3 is 2.64 bits per heavy atom. The molecule has 134 valence electrons. The number of halogens is 2. The van der Waals surface area contributed by atoms with E-state index in [1.54, 1.807) is 32.2 Å². The van der Waals surface area contributed by atoms with E-state index in [1.165, 1.54) is 18.1 Å². The zero-order chi connectivity index (χ0) is 18.6. The van der Waals surface area contributed by atoms with Crippen molar-refractivity contribution in [1.82, 2.24) is 4.90 Å². The van der Waals surface area contributed by atoms with E-state index < -0.39 is 5.97 Å². The van der Waals surface area contributed by atoms with Crippen molar-refractivity contribution in [1.29, 1.82) is 0 Å². The maximum absolute atomic E-state index is 12.2. The Kier molecular flexibility index (Phi) is 6.33. The molecule has 2 aromatic rings. The van der Waals surface area contributed by atoms with Crippen LogP contribution in [0, 0.1) is 6.92 Å². The summed E-state index contributed by atoms with van der Waals surface area (Å²) in [5.74, 6) is 0.460. The number of esters is 1. The SMILES string of the molecule is COC(=O)c1cc(CN(C)C(=O)COc2cc(Cl)ccc2Cl)oc1C. The fraction of sp³-hybridized carbons (Fsp3) is 0.294. The molecule has 1 aromatic carbocycles. The fourth-order valence-corrected chi connectivity index (χ4v) is 2.43. The minimum Gasteiger partial charge on any atom is -0.482 e. The van der Waals surface area contributed by atoms with Crippen molar-refractivity contribution in [3.63, 3.8) is 0 Å². The van der Waals surface area contributed by atoms with Gasteiger partial charge in [-0.15, -0.1) is 0 Å². The molecule has 0 bridgehead atoms. The number of methoxy groups -OCH3 is 1. The number of ether oxygens (including phenoxy) is 2. The molecule has 0 aliphatic carbocycles. The van der Waals surface area contributed by atoms with Gasteiger partial charge < -0.3 is 18.8 Å². The smallest absolute Gasteiger partial charge is 0.341 e. The minimum absolute atomic E-state index is 0.184. The molecule has 0 aliphatic rings. The topological polar surface area (TPSA) is 69.0 Å². The quantitative estimate of drug-likeness (QED) is 0.708. The Balaban J connectivity index is 1.96. The van der Waals surface area contributed by atoms with Crippen LogP contribution >= 0.6 is 23.2 Å². The highest BCUT2D eigenvalue weighted by Gasteiger charge is 2.18. The second kappa shape index (κ2) is 8.27. The number of benzene rings is 1. The van der Waals surface area contributed by atoms with Crippen molar-refractivity contribution in [3.05, 3.63) is 51.4 Å². The van der Waals surface area contributed by atoms with Gasteiger partial charge in [0.15, 0.2) is 6.61 Å². The maximum atomic E-state index is 12.2. The molecule has 0 aliphatic heterocycles. The third-order valence-electron chi connectivity index (χ3n) is 3.44. The van der Waals surface area contributed by atoms with Crippen LogP contribution in [0.3, 0.4) is 0 Å². The van der Waals surface area contributed by atoms with Crippen LogP contribution in [-0.4, -0.2) is 37.5 Å². The molecule has 0 spiro atoms. The molecule has 0 unspecified atom stereocenters. The molecule has 8 heteroatoms. The van der Waals surface area contributed by atoms with E-state index in [1.807, 2.05) is 0 Å². The highest BCUT2D eigenvalue weighted by molar-refractivity contribution is 6.34. The standard InChI is InChI=1S/C17H17Cl2NO5/c1-10-13(17(22)23-3)7-12(25-10)8-20(2)16(21)9-24-15-6-11(18)4-5-14(15)19/h4-7H,8-9H2,1-3H3. The first kappa shape index (κ1) is 19.1. The lowest BCUT2D eigenvalue weighted by molar-refractivity contribution is -0.132. The van der Waals surface area contributed by atoms with Gasteiger partial charge in [0, 0.05) is 18.1 Å². The summed E-state index contributed by atoms with van der Waals surface area (Å²) in [6.07, 6.45) is 0. The van der Waals surface area contributed by atoms with Crippen LogP contribution < -0.4 is 4.74 Å². The average molecular weight is 386 g/mol. The third kappa shape index (κ3) is 4.90. The van der Waals surface area contributed by atoms with E-state index in [9.17, 15) is 9.59 Å². The Bertz CT molecular complexity index is 787. The lowest BCUT2D eigenvalue weighted by Crippen LogP contribution is -2.30. The summed E-state index contributed by atoms with van der Waals surface area (Å²) >= 11 is 11.9. The number of likely N-dealkylation sites (N-methyl/N-ethyl adjacent to an activating group) is 1. The molecule has 6 nitrogen and oxygen atoms in total. The van der Waals surface area contributed by atoms with Crippen LogP contribution in [0.1, 0.15) is 21.9 Å². The number of carbonyl (C=O) groups is 2. The molecule has 0 saturated heterocycles. The molecule has 1 heterocycles. The van der Waals surface area contributed by atoms with Gasteiger partial charge >= 0.3 is 5.97 Å². The van der Waals surface area contributed by atoms with Crippen molar-refractivity contribution in [2.24, 2.45) is 0 Å². The van der Waals surface area contributed by atoms with Gasteiger partial charge in [0.1, 0.15) is 22.8 Å². The Morgan fingerprint density at radius 1 is 1.24 bits per heavy atom. The summed E-state index contributed by atoms with van der Waals surface area (Å²) in [6.45, 7) is 1.63. The van der Waals surface area contributed by atoms with Crippen LogP contribution in [0.5, 0.6) is 5.75 Å². The number of carbonyl (C=O) groups excluding carboxylic acids is 2. The number of amides is 1. The third-order valence-corrected chi connectivity index (χ3v) is 3.98. The summed E-state index contributed by atoms with van der Waals surface area (Å²) in [7, 11) is 2.89. The molecular weight excluding hydrogens is 369 g/mol. The van der Waals surface area contributed by atoms with Gasteiger partial charge in [0.25, 0.3) is 5.91 Å². The summed E-state index contributed by atoms with van der Waals surface area (Å²) in [6, 6.07) is 6.31. The molecular formula is C17H17Cl2NO5. The summed E-state index contributed by atoms with van der Waals surface area (Å²) in [5, 5.41) is 0.825. The first-order valence-corrected chi connectivity index (χ1v) is 8.07. The van der Waals surface area contributed by atoms with Crippen molar-refractivity contribution in [2.45, 2.75) is 13.5 Å². The van der Waals surface area contributed by atoms with Gasteiger partial charge in [-0.05, 0) is 25.1 Å². The minimum atomic E-state index is -0.486. The van der Waals surface area contributed by atoms with E-state index in [0.717, 1.165) is 0 Å². The normalized spacial score (nSPS) is 10.4. The van der Waals surface area contributed by atoms with Crippen LogP contribution in [0.15, 0.2) is 28.7 Å². The number of rotatable bonds is 6. The number of hydrogen-bond donors (Lipinski definition) is 0. The molecule has 0 radical (unpaired) electrons. The Hall–Kier alpha value is -2.18. The van der Waals surface area contributed by atoms with Crippen LogP contribution in [0.25, 0.3) is 0 Å². The molecule has 0 atom stereocenters. The predicted molar refractivity (Wildman–Crippen MR) is 93.2 cm³/mol. The highest BCUT2D eigenvalue weighted by atomic mass is 35.5. The van der Waals surface area contributed by atoms with Crippen LogP contribution in [0.4, 0.5) is 0 Å². The zero-order valence-electron chi connectivity index (χ0n) is 14.0. The van der Waals surface area contributed by atoms with E-state index in [4.69, 9.17) is 32.4 Å². The van der Waals surface area contributed by atoms with Crippen LogP contribution in [0.2, 0.25) is 10.0 Å². The molecule has 1 aromatic heterocycles. The number of nitrogens with zero attached hydrogens (tertiary/aromatic N) is 1. The second-order valence-corrected chi connectivity index (χ2v) is 6.13. The highest BCUT2D eigenvalue weighted by Crippen LogP contribution is 2.27. The zero-order valence-corrected chi connectivity index (χ0v) is 15.5. The van der Waals surface area contributed by atoms with Crippen molar-refractivity contribution < 1.29 is 23.5 Å². The maximum Gasteiger partial charge on any atom is 0.341 e. The van der Waals surface area contributed by atoms with Crippen LogP contribution in [-0.2, 0) is 16.1 Å². The molecule has 0 fully saturated rings. The summed E-state index contributed by atoms with van der Waals surface area (Å²) in [4.78, 5) is 25.2. The van der Waals surface area contributed by atoms with Gasteiger partial charge in [-0.2, -0.15) is 0 Å². The lowest BCUT2D eigenvalue weighted by Gasteiger charge is -2.16. The lowest BCUT2D eigenvalue weighted by atomic mass is 10.2. The van der Waals surface area contributed by atoms with E-state index >= 15 is 0 Å². The van der Waals surface area contributed by atoms with E-state index in [-0.39, 0.29) is 19.1 Å². The summed E-state index contributed by atoms with van der Waals surface area (Å²) in [5.41, 5.74) is 0.334. The largest absolute Gasteiger partial charge is 0.482 e. The Labute approximate surface area is 155 Å². The molecule has 0 N–H and O–H groups in total. The molecule has 25 heavy (non-hydrogen) atoms. The van der Waals surface area contributed by atoms with Crippen molar-refractivity contribution in [3.8, 4) is 5.75 Å². The molecule has 1 amide bonds. The second-order valence-electron chi connectivity index (χ2n) is 5.29. The first-order valence-electron chi connectivity index (χ1n) is 7.31. The summed E-state index contributed by atoms with van der Waals surface area (Å²) < 4.78 is 15.6. The molecule has 0 saturated carbocycles. The van der Waals surface area contributed by atoms with Gasteiger partial charge in [0.2, 0.25) is 0 Å². The van der Waals surface area contributed by atoms with Gasteiger partial charge in [0.05, 0.1) is 18.7 Å². The van der Waals surface area contributed by atoms with E-state index in [2.05, 4.69) is 4.74 Å². The molecule has 2 rings (SSSR count). The number of hydrogen-bond acceptors (Lipinski definition) is 5. The fourth-order valence-electron chi connectivity index (χ4n) is 2.09. The van der Waals surface area contributed by atoms with Gasteiger partial charge in [-0.25, -0.2) is 4.79 Å². The van der Waals surface area contributed by atoms with Crippen molar-refractivity contribution in [2.75, 3.05) is 20.8 Å². The number of furan rings is 1. The predicted octanol–water partition coefficient (Wildman–Crippen LogP) is 3.72. The van der Waals surface area contributed by atoms with Crippen molar-refractivity contribution >= 4 is 35.1 Å². The number of aryl methyl sites for hydroxylation is 1.